The Morgan fingerprint density at radius 3 is 2.60 bits per heavy atom. The number of pyridine rings is 1. The highest BCUT2D eigenvalue weighted by atomic mass is 35.5. The summed E-state index contributed by atoms with van der Waals surface area (Å²) in [6.45, 7) is 0.311. The van der Waals surface area contributed by atoms with Crippen LogP contribution in [0.4, 0.5) is 19.0 Å². The summed E-state index contributed by atoms with van der Waals surface area (Å²) in [7, 11) is 1.60. The normalized spacial score (nSPS) is 11.4. The third kappa shape index (κ3) is 3.57. The average Bonchev–Trinajstić information content (AvgIpc) is 2.38. The van der Waals surface area contributed by atoms with Gasteiger partial charge in [0.15, 0.2) is 5.69 Å². The number of halogens is 4. The van der Waals surface area contributed by atoms with E-state index in [0.717, 1.165) is 6.07 Å². The molecule has 0 unspecified atom stereocenters. The van der Waals surface area contributed by atoms with E-state index in [0.29, 0.717) is 12.2 Å². The van der Waals surface area contributed by atoms with E-state index in [-0.39, 0.29) is 5.82 Å². The van der Waals surface area contributed by atoms with Crippen molar-refractivity contribution in [1.82, 2.24) is 15.0 Å². The predicted octanol–water partition coefficient (Wildman–Crippen LogP) is 3.18. The summed E-state index contributed by atoms with van der Waals surface area (Å²) < 4.78 is 38.0. The molecule has 2 aromatic rings. The first-order valence-corrected chi connectivity index (χ1v) is 5.97. The molecule has 0 fully saturated rings. The molecule has 0 aromatic carbocycles. The van der Waals surface area contributed by atoms with Gasteiger partial charge in [-0.1, -0.05) is 6.07 Å². The number of hydrogen-bond donors (Lipinski definition) is 0. The average molecular weight is 303 g/mol. The highest BCUT2D eigenvalue weighted by molar-refractivity contribution is 6.28. The van der Waals surface area contributed by atoms with Crippen LogP contribution < -0.4 is 4.90 Å². The summed E-state index contributed by atoms with van der Waals surface area (Å²) in [5.74, 6) is 0.0861. The Balaban J connectivity index is 2.26. The first-order valence-electron chi connectivity index (χ1n) is 5.59. The summed E-state index contributed by atoms with van der Waals surface area (Å²) >= 11 is 5.54. The maximum absolute atomic E-state index is 12.7. The lowest BCUT2D eigenvalue weighted by Crippen LogP contribution is -2.20. The fourth-order valence-corrected chi connectivity index (χ4v) is 1.74. The topological polar surface area (TPSA) is 41.9 Å². The maximum atomic E-state index is 12.7. The van der Waals surface area contributed by atoms with Crippen molar-refractivity contribution in [2.75, 3.05) is 11.9 Å². The quantitative estimate of drug-likeness (QED) is 0.817. The van der Waals surface area contributed by atoms with Gasteiger partial charge in [0.2, 0.25) is 5.28 Å². The van der Waals surface area contributed by atoms with E-state index < -0.39 is 17.2 Å². The van der Waals surface area contributed by atoms with Crippen molar-refractivity contribution in [3.63, 3.8) is 0 Å². The van der Waals surface area contributed by atoms with E-state index in [1.165, 1.54) is 4.90 Å². The second-order valence-corrected chi connectivity index (χ2v) is 4.39. The number of nitrogens with zero attached hydrogens (tertiary/aromatic N) is 4. The molecule has 0 radical (unpaired) electrons. The zero-order valence-corrected chi connectivity index (χ0v) is 11.2. The summed E-state index contributed by atoms with van der Waals surface area (Å²) in [6.07, 6.45) is -2.95. The molecule has 0 spiro atoms. The van der Waals surface area contributed by atoms with Gasteiger partial charge in [-0.3, -0.25) is 4.98 Å². The molecule has 8 heteroatoms. The molecule has 2 aromatic heterocycles. The van der Waals surface area contributed by atoms with Gasteiger partial charge in [-0.25, -0.2) is 9.97 Å². The molecule has 0 amide bonds. The van der Waals surface area contributed by atoms with Crippen LogP contribution in [0.2, 0.25) is 5.28 Å². The smallest absolute Gasteiger partial charge is 0.354 e. The molecule has 2 heterocycles. The van der Waals surface area contributed by atoms with Crippen LogP contribution >= 0.6 is 11.6 Å². The highest BCUT2D eigenvalue weighted by Gasteiger charge is 2.33. The van der Waals surface area contributed by atoms with Crippen molar-refractivity contribution < 1.29 is 13.2 Å². The lowest BCUT2D eigenvalue weighted by Gasteiger charge is -2.18. The van der Waals surface area contributed by atoms with Crippen LogP contribution in [-0.4, -0.2) is 22.0 Å². The monoisotopic (exact) mass is 302 g/mol. The van der Waals surface area contributed by atoms with E-state index in [1.807, 2.05) is 0 Å². The first-order chi connectivity index (χ1) is 9.36. The van der Waals surface area contributed by atoms with E-state index in [2.05, 4.69) is 15.0 Å². The molecular formula is C12H10ClF3N4. The number of aromatic nitrogens is 3. The number of alkyl halides is 3. The molecule has 0 saturated carbocycles. The molecule has 0 saturated heterocycles. The molecule has 0 aliphatic rings. The number of anilines is 1. The van der Waals surface area contributed by atoms with E-state index >= 15 is 0 Å². The molecule has 2 rings (SSSR count). The van der Waals surface area contributed by atoms with Crippen LogP contribution in [0.1, 0.15) is 11.4 Å². The zero-order chi connectivity index (χ0) is 14.8. The maximum Gasteiger partial charge on any atom is 0.433 e. The summed E-state index contributed by atoms with van der Waals surface area (Å²) in [5.41, 5.74) is -0.362. The van der Waals surface area contributed by atoms with Crippen LogP contribution in [-0.2, 0) is 12.7 Å². The van der Waals surface area contributed by atoms with Gasteiger partial charge >= 0.3 is 6.18 Å². The standard InChI is InChI=1S/C12H10ClF3N4/c1-20(7-8-4-2-3-5-17-8)10-6-9(12(14,15)16)18-11(13)19-10/h2-6H,7H2,1H3. The lowest BCUT2D eigenvalue weighted by atomic mass is 10.3. The molecule has 4 nitrogen and oxygen atoms in total. The Morgan fingerprint density at radius 2 is 2.00 bits per heavy atom. The van der Waals surface area contributed by atoms with E-state index in [1.54, 1.807) is 31.4 Å². The van der Waals surface area contributed by atoms with Crippen molar-refractivity contribution in [3.8, 4) is 0 Å². The minimum atomic E-state index is -4.56. The first kappa shape index (κ1) is 14.5. The van der Waals surface area contributed by atoms with Crippen LogP contribution in [0.25, 0.3) is 0 Å². The van der Waals surface area contributed by atoms with Crippen LogP contribution in [0.5, 0.6) is 0 Å². The predicted molar refractivity (Wildman–Crippen MR) is 68.4 cm³/mol. The van der Waals surface area contributed by atoms with Crippen molar-refractivity contribution in [3.05, 3.63) is 47.1 Å². The number of hydrogen-bond acceptors (Lipinski definition) is 4. The second-order valence-electron chi connectivity index (χ2n) is 4.06. The fraction of sp³-hybridized carbons (Fsp3) is 0.250. The second kappa shape index (κ2) is 5.62. The van der Waals surface area contributed by atoms with Crippen LogP contribution in [0, 0.1) is 0 Å². The molecule has 0 aliphatic carbocycles. The van der Waals surface area contributed by atoms with Gasteiger partial charge in [0, 0.05) is 19.3 Å². The highest BCUT2D eigenvalue weighted by Crippen LogP contribution is 2.30. The fourth-order valence-electron chi connectivity index (χ4n) is 1.56. The van der Waals surface area contributed by atoms with Crippen molar-refractivity contribution in [1.29, 1.82) is 0 Å². The molecular weight excluding hydrogens is 293 g/mol. The van der Waals surface area contributed by atoms with Crippen molar-refractivity contribution in [2.24, 2.45) is 0 Å². The molecule has 0 aliphatic heterocycles. The largest absolute Gasteiger partial charge is 0.433 e. The lowest BCUT2D eigenvalue weighted by molar-refractivity contribution is -0.141. The van der Waals surface area contributed by atoms with Gasteiger partial charge < -0.3 is 4.90 Å². The van der Waals surface area contributed by atoms with Crippen molar-refractivity contribution >= 4 is 17.4 Å². The van der Waals surface area contributed by atoms with Crippen molar-refractivity contribution in [2.45, 2.75) is 12.7 Å². The SMILES string of the molecule is CN(Cc1ccccn1)c1cc(C(F)(F)F)nc(Cl)n1. The molecule has 0 N–H and O–H groups in total. The molecule has 20 heavy (non-hydrogen) atoms. The summed E-state index contributed by atoms with van der Waals surface area (Å²) in [6, 6.07) is 6.18. The summed E-state index contributed by atoms with van der Waals surface area (Å²) in [5, 5.41) is -0.442. The van der Waals surface area contributed by atoms with Crippen LogP contribution in [0.3, 0.4) is 0 Å². The molecule has 0 atom stereocenters. The van der Waals surface area contributed by atoms with Gasteiger partial charge in [0.05, 0.1) is 12.2 Å². The number of rotatable bonds is 3. The Hall–Kier alpha value is -1.89. The summed E-state index contributed by atoms with van der Waals surface area (Å²) in [4.78, 5) is 12.6. The van der Waals surface area contributed by atoms with Gasteiger partial charge in [0.1, 0.15) is 5.82 Å². The van der Waals surface area contributed by atoms with Gasteiger partial charge in [-0.2, -0.15) is 13.2 Å². The third-order valence-corrected chi connectivity index (χ3v) is 2.66. The third-order valence-electron chi connectivity index (χ3n) is 2.49. The Morgan fingerprint density at radius 1 is 1.25 bits per heavy atom. The zero-order valence-electron chi connectivity index (χ0n) is 10.4. The van der Waals surface area contributed by atoms with E-state index in [9.17, 15) is 13.2 Å². The van der Waals surface area contributed by atoms with Gasteiger partial charge in [-0.05, 0) is 23.7 Å². The minimum absolute atomic E-state index is 0.0861. The minimum Gasteiger partial charge on any atom is -0.354 e. The Bertz CT molecular complexity index is 589. The molecule has 106 valence electrons. The van der Waals surface area contributed by atoms with Crippen LogP contribution in [0.15, 0.2) is 30.5 Å². The van der Waals surface area contributed by atoms with Gasteiger partial charge in [0.25, 0.3) is 0 Å². The Labute approximate surface area is 118 Å². The van der Waals surface area contributed by atoms with E-state index in [4.69, 9.17) is 11.6 Å². The Kier molecular flexibility index (Phi) is 4.08. The molecule has 0 bridgehead atoms. The van der Waals surface area contributed by atoms with Gasteiger partial charge in [-0.15, -0.1) is 0 Å².